The predicted octanol–water partition coefficient (Wildman–Crippen LogP) is 0.854. The molecule has 0 aromatic heterocycles. The summed E-state index contributed by atoms with van der Waals surface area (Å²) in [5, 5.41) is 8.95. The van der Waals surface area contributed by atoms with E-state index in [0.717, 1.165) is 12.8 Å². The average Bonchev–Trinajstić information content (AvgIpc) is 2.99. The summed E-state index contributed by atoms with van der Waals surface area (Å²) in [6, 6.07) is 0. The van der Waals surface area contributed by atoms with E-state index in [1.54, 1.807) is 13.8 Å². The standard InChI is InChI=1S/C12H17NO3/c1-8-9(2)11(16)13(10(8)15)7-12(3-4-12)5-6-14/h14H,3-7H2,1-2H3. The Morgan fingerprint density at radius 1 is 1.19 bits per heavy atom. The van der Waals surface area contributed by atoms with Crippen molar-refractivity contribution in [3.8, 4) is 0 Å². The van der Waals surface area contributed by atoms with Gasteiger partial charge in [0.15, 0.2) is 0 Å². The fourth-order valence-corrected chi connectivity index (χ4v) is 2.20. The maximum absolute atomic E-state index is 11.8. The summed E-state index contributed by atoms with van der Waals surface area (Å²) in [7, 11) is 0. The highest BCUT2D eigenvalue weighted by molar-refractivity contribution is 6.18. The Bertz CT molecular complexity index is 356. The molecule has 0 aromatic carbocycles. The average molecular weight is 223 g/mol. The molecule has 4 heteroatoms. The van der Waals surface area contributed by atoms with E-state index in [9.17, 15) is 9.59 Å². The second kappa shape index (κ2) is 3.70. The lowest BCUT2D eigenvalue weighted by Crippen LogP contribution is -2.37. The maximum Gasteiger partial charge on any atom is 0.256 e. The first-order chi connectivity index (χ1) is 7.51. The van der Waals surface area contributed by atoms with Crippen LogP contribution in [0.2, 0.25) is 0 Å². The number of hydrogen-bond donors (Lipinski definition) is 1. The van der Waals surface area contributed by atoms with Gasteiger partial charge < -0.3 is 5.11 Å². The van der Waals surface area contributed by atoms with E-state index in [-0.39, 0.29) is 23.8 Å². The third kappa shape index (κ3) is 1.67. The minimum Gasteiger partial charge on any atom is -0.396 e. The highest BCUT2D eigenvalue weighted by Crippen LogP contribution is 2.49. The van der Waals surface area contributed by atoms with Gasteiger partial charge in [0.2, 0.25) is 0 Å². The van der Waals surface area contributed by atoms with E-state index < -0.39 is 0 Å². The minimum atomic E-state index is -0.160. The monoisotopic (exact) mass is 223 g/mol. The van der Waals surface area contributed by atoms with Crippen LogP contribution in [0.4, 0.5) is 0 Å². The summed E-state index contributed by atoms with van der Waals surface area (Å²) in [4.78, 5) is 25.0. The van der Waals surface area contributed by atoms with Gasteiger partial charge >= 0.3 is 0 Å². The van der Waals surface area contributed by atoms with Crippen molar-refractivity contribution in [1.82, 2.24) is 4.90 Å². The first-order valence-electron chi connectivity index (χ1n) is 5.65. The molecular weight excluding hydrogens is 206 g/mol. The molecule has 2 rings (SSSR count). The maximum atomic E-state index is 11.8. The third-order valence-electron chi connectivity index (χ3n) is 3.79. The van der Waals surface area contributed by atoms with Gasteiger partial charge in [-0.05, 0) is 38.5 Å². The minimum absolute atomic E-state index is 0.00493. The van der Waals surface area contributed by atoms with E-state index in [1.165, 1.54) is 4.90 Å². The number of amides is 2. The van der Waals surface area contributed by atoms with Gasteiger partial charge in [0.05, 0.1) is 0 Å². The molecule has 1 aliphatic carbocycles. The van der Waals surface area contributed by atoms with Crippen molar-refractivity contribution >= 4 is 11.8 Å². The molecule has 0 bridgehead atoms. The quantitative estimate of drug-likeness (QED) is 0.719. The largest absolute Gasteiger partial charge is 0.396 e. The number of nitrogens with zero attached hydrogens (tertiary/aromatic N) is 1. The molecule has 1 N–H and O–H groups in total. The van der Waals surface area contributed by atoms with Crippen LogP contribution >= 0.6 is 0 Å². The second-order valence-electron chi connectivity index (χ2n) is 4.92. The third-order valence-corrected chi connectivity index (χ3v) is 3.79. The van der Waals surface area contributed by atoms with Gasteiger partial charge in [-0.3, -0.25) is 14.5 Å². The van der Waals surface area contributed by atoms with Crippen LogP contribution in [0.3, 0.4) is 0 Å². The lowest BCUT2D eigenvalue weighted by Gasteiger charge is -2.21. The number of imide groups is 1. The molecule has 2 aliphatic rings. The van der Waals surface area contributed by atoms with Crippen LogP contribution < -0.4 is 0 Å². The summed E-state index contributed by atoms with van der Waals surface area (Å²) >= 11 is 0. The number of rotatable bonds is 4. The molecule has 88 valence electrons. The number of carbonyl (C=O) groups is 2. The summed E-state index contributed by atoms with van der Waals surface area (Å²) < 4.78 is 0. The Morgan fingerprint density at radius 3 is 2.06 bits per heavy atom. The Labute approximate surface area is 94.9 Å². The van der Waals surface area contributed by atoms with Gasteiger partial charge in [-0.25, -0.2) is 0 Å². The van der Waals surface area contributed by atoms with Crippen molar-refractivity contribution in [1.29, 1.82) is 0 Å². The Balaban J connectivity index is 2.08. The number of aliphatic hydroxyl groups is 1. The van der Waals surface area contributed by atoms with Crippen molar-refractivity contribution in [3.05, 3.63) is 11.1 Å². The molecule has 0 spiro atoms. The zero-order chi connectivity index (χ0) is 11.9. The summed E-state index contributed by atoms with van der Waals surface area (Å²) in [5.41, 5.74) is 1.12. The van der Waals surface area contributed by atoms with E-state index >= 15 is 0 Å². The molecule has 0 saturated heterocycles. The predicted molar refractivity (Wildman–Crippen MR) is 58.5 cm³/mol. The molecule has 0 unspecified atom stereocenters. The van der Waals surface area contributed by atoms with Crippen LogP contribution in [0.25, 0.3) is 0 Å². The van der Waals surface area contributed by atoms with Crippen LogP contribution in [-0.4, -0.2) is 35.0 Å². The fourth-order valence-electron chi connectivity index (χ4n) is 2.20. The van der Waals surface area contributed by atoms with Gasteiger partial charge in [-0.1, -0.05) is 0 Å². The van der Waals surface area contributed by atoms with Crippen LogP contribution in [0.5, 0.6) is 0 Å². The molecule has 0 radical (unpaired) electrons. The number of hydrogen-bond acceptors (Lipinski definition) is 3. The van der Waals surface area contributed by atoms with Gasteiger partial charge in [-0.15, -0.1) is 0 Å². The van der Waals surface area contributed by atoms with Gasteiger partial charge in [0, 0.05) is 24.3 Å². The zero-order valence-electron chi connectivity index (χ0n) is 9.75. The molecule has 16 heavy (non-hydrogen) atoms. The molecule has 2 amide bonds. The van der Waals surface area contributed by atoms with Gasteiger partial charge in [0.25, 0.3) is 11.8 Å². The van der Waals surface area contributed by atoms with Gasteiger partial charge in [-0.2, -0.15) is 0 Å². The SMILES string of the molecule is CC1=C(C)C(=O)N(CC2(CCO)CC2)C1=O. The van der Waals surface area contributed by atoms with Crippen molar-refractivity contribution in [2.24, 2.45) is 5.41 Å². The molecule has 1 fully saturated rings. The van der Waals surface area contributed by atoms with Crippen molar-refractivity contribution in [2.45, 2.75) is 33.1 Å². The normalized spacial score (nSPS) is 23.3. The van der Waals surface area contributed by atoms with Crippen LogP contribution in [-0.2, 0) is 9.59 Å². The lowest BCUT2D eigenvalue weighted by atomic mass is 10.0. The number of aliphatic hydroxyl groups excluding tert-OH is 1. The smallest absolute Gasteiger partial charge is 0.256 e. The summed E-state index contributed by atoms with van der Waals surface area (Å²) in [6.45, 7) is 3.99. The molecule has 0 atom stereocenters. The highest BCUT2D eigenvalue weighted by Gasteiger charge is 2.47. The second-order valence-corrected chi connectivity index (χ2v) is 4.92. The topological polar surface area (TPSA) is 57.6 Å². The number of carbonyl (C=O) groups excluding carboxylic acids is 2. The molecule has 1 aliphatic heterocycles. The van der Waals surface area contributed by atoms with E-state index in [0.29, 0.717) is 24.1 Å². The Kier molecular flexibility index (Phi) is 2.62. The van der Waals surface area contributed by atoms with Crippen molar-refractivity contribution in [3.63, 3.8) is 0 Å². The molecule has 1 saturated carbocycles. The summed E-state index contributed by atoms with van der Waals surface area (Å²) in [5.74, 6) is -0.321. The molecule has 1 heterocycles. The Morgan fingerprint density at radius 2 is 1.69 bits per heavy atom. The van der Waals surface area contributed by atoms with E-state index in [4.69, 9.17) is 5.11 Å². The molecular formula is C12H17NO3. The fraction of sp³-hybridized carbons (Fsp3) is 0.667. The van der Waals surface area contributed by atoms with Gasteiger partial charge in [0.1, 0.15) is 0 Å². The molecule has 4 nitrogen and oxygen atoms in total. The molecule has 0 aromatic rings. The van der Waals surface area contributed by atoms with Crippen molar-refractivity contribution < 1.29 is 14.7 Å². The van der Waals surface area contributed by atoms with E-state index in [2.05, 4.69) is 0 Å². The Hall–Kier alpha value is -1.16. The zero-order valence-corrected chi connectivity index (χ0v) is 9.75. The van der Waals surface area contributed by atoms with Crippen molar-refractivity contribution in [2.75, 3.05) is 13.2 Å². The van der Waals surface area contributed by atoms with Crippen LogP contribution in [0.1, 0.15) is 33.1 Å². The summed E-state index contributed by atoms with van der Waals surface area (Å²) in [6.07, 6.45) is 2.69. The first-order valence-corrected chi connectivity index (χ1v) is 5.65. The van der Waals surface area contributed by atoms with Crippen LogP contribution in [0.15, 0.2) is 11.1 Å². The van der Waals surface area contributed by atoms with E-state index in [1.807, 2.05) is 0 Å². The van der Waals surface area contributed by atoms with Crippen LogP contribution in [0, 0.1) is 5.41 Å². The highest BCUT2D eigenvalue weighted by atomic mass is 16.3. The lowest BCUT2D eigenvalue weighted by molar-refractivity contribution is -0.138. The first kappa shape index (κ1) is 11.3.